The van der Waals surface area contributed by atoms with Gasteiger partial charge in [0.15, 0.2) is 9.84 Å². The Balaban J connectivity index is 2.34. The van der Waals surface area contributed by atoms with Gasteiger partial charge in [0.2, 0.25) is 10.0 Å². The van der Waals surface area contributed by atoms with E-state index in [0.717, 1.165) is 0 Å². The van der Waals surface area contributed by atoms with Crippen LogP contribution in [0.1, 0.15) is 13.3 Å². The lowest BCUT2D eigenvalue weighted by Gasteiger charge is -2.24. The summed E-state index contributed by atoms with van der Waals surface area (Å²) in [4.78, 5) is 0.179. The molecule has 0 radical (unpaired) electrons. The highest BCUT2D eigenvalue weighted by Crippen LogP contribution is 2.27. The molecular weight excluding hydrogens is 312 g/mol. The van der Waals surface area contributed by atoms with Crippen LogP contribution in [0.25, 0.3) is 0 Å². The number of nitrogens with one attached hydrogen (secondary N) is 1. The normalized spacial score (nSPS) is 21.6. The molecule has 1 N–H and O–H groups in total. The fourth-order valence-electron chi connectivity index (χ4n) is 2.44. The van der Waals surface area contributed by atoms with E-state index in [4.69, 9.17) is 0 Å². The Kier molecular flexibility index (Phi) is 4.60. The molecule has 21 heavy (non-hydrogen) atoms. The van der Waals surface area contributed by atoms with E-state index >= 15 is 0 Å². The van der Waals surface area contributed by atoms with Crippen LogP contribution in [0.4, 0.5) is 5.69 Å². The number of rotatable bonds is 5. The molecule has 0 amide bonds. The van der Waals surface area contributed by atoms with Gasteiger partial charge in [-0.15, -0.1) is 0 Å². The number of sulfonamides is 1. The SMILES string of the molecule is CCNc1ccccc1S(=O)(=O)N(C)C1CCS(=O)(=O)C1. The maximum absolute atomic E-state index is 12.7. The molecule has 0 spiro atoms. The summed E-state index contributed by atoms with van der Waals surface area (Å²) in [5, 5.41) is 3.02. The Bertz CT molecular complexity index is 713. The lowest BCUT2D eigenvalue weighted by molar-refractivity contribution is 0.394. The first-order valence-corrected chi connectivity index (χ1v) is 10.1. The van der Waals surface area contributed by atoms with E-state index in [-0.39, 0.29) is 16.4 Å². The summed E-state index contributed by atoms with van der Waals surface area (Å²) in [6, 6.07) is 6.17. The number of hydrogen-bond donors (Lipinski definition) is 1. The number of hydrogen-bond acceptors (Lipinski definition) is 5. The molecule has 0 aliphatic carbocycles. The molecule has 6 nitrogen and oxygen atoms in total. The summed E-state index contributed by atoms with van der Waals surface area (Å²) < 4.78 is 49.7. The maximum Gasteiger partial charge on any atom is 0.245 e. The molecular formula is C13H20N2O4S2. The molecule has 1 aromatic carbocycles. The molecule has 1 atom stereocenters. The van der Waals surface area contributed by atoms with Gasteiger partial charge in [-0.2, -0.15) is 4.31 Å². The fourth-order valence-corrected chi connectivity index (χ4v) is 5.86. The van der Waals surface area contributed by atoms with E-state index in [0.29, 0.717) is 18.7 Å². The number of benzene rings is 1. The predicted molar refractivity (Wildman–Crippen MR) is 82.6 cm³/mol. The Hall–Kier alpha value is -1.12. The van der Waals surface area contributed by atoms with Crippen molar-refractivity contribution in [2.75, 3.05) is 30.4 Å². The second-order valence-electron chi connectivity index (χ2n) is 5.10. The van der Waals surface area contributed by atoms with Crippen molar-refractivity contribution in [3.8, 4) is 0 Å². The molecule has 1 fully saturated rings. The average Bonchev–Trinajstić information content (AvgIpc) is 2.79. The van der Waals surface area contributed by atoms with E-state index in [9.17, 15) is 16.8 Å². The molecule has 118 valence electrons. The van der Waals surface area contributed by atoms with E-state index in [1.807, 2.05) is 6.92 Å². The lowest BCUT2D eigenvalue weighted by Crippen LogP contribution is -2.38. The highest BCUT2D eigenvalue weighted by molar-refractivity contribution is 7.92. The second-order valence-corrected chi connectivity index (χ2v) is 9.30. The molecule has 2 rings (SSSR count). The van der Waals surface area contributed by atoms with Gasteiger partial charge in [0.1, 0.15) is 4.90 Å². The zero-order valence-corrected chi connectivity index (χ0v) is 13.7. The van der Waals surface area contributed by atoms with Gasteiger partial charge in [-0.3, -0.25) is 0 Å². The van der Waals surface area contributed by atoms with Crippen LogP contribution in [0.5, 0.6) is 0 Å². The Morgan fingerprint density at radius 2 is 2.00 bits per heavy atom. The van der Waals surface area contributed by atoms with Gasteiger partial charge in [0, 0.05) is 19.6 Å². The van der Waals surface area contributed by atoms with Gasteiger partial charge in [-0.25, -0.2) is 16.8 Å². The predicted octanol–water partition coefficient (Wildman–Crippen LogP) is 0.926. The highest BCUT2D eigenvalue weighted by atomic mass is 32.2. The molecule has 1 aliphatic heterocycles. The molecule has 0 saturated carbocycles. The van der Waals surface area contributed by atoms with Crippen LogP contribution in [0, 0.1) is 0 Å². The topological polar surface area (TPSA) is 83.6 Å². The smallest absolute Gasteiger partial charge is 0.245 e. The van der Waals surface area contributed by atoms with Gasteiger partial charge < -0.3 is 5.32 Å². The van der Waals surface area contributed by atoms with Crippen LogP contribution in [-0.4, -0.2) is 52.3 Å². The zero-order valence-electron chi connectivity index (χ0n) is 12.1. The largest absolute Gasteiger partial charge is 0.384 e. The van der Waals surface area contributed by atoms with E-state index in [2.05, 4.69) is 5.32 Å². The van der Waals surface area contributed by atoms with Crippen molar-refractivity contribution in [3.05, 3.63) is 24.3 Å². The van der Waals surface area contributed by atoms with Crippen molar-refractivity contribution >= 4 is 25.5 Å². The summed E-state index contributed by atoms with van der Waals surface area (Å²) in [6.45, 7) is 2.49. The Morgan fingerprint density at radius 3 is 2.57 bits per heavy atom. The van der Waals surface area contributed by atoms with E-state index in [1.165, 1.54) is 17.4 Å². The minimum absolute atomic E-state index is 0.0480. The highest BCUT2D eigenvalue weighted by Gasteiger charge is 2.37. The lowest BCUT2D eigenvalue weighted by atomic mass is 10.3. The van der Waals surface area contributed by atoms with E-state index in [1.54, 1.807) is 18.2 Å². The van der Waals surface area contributed by atoms with Crippen LogP contribution in [0.2, 0.25) is 0 Å². The summed E-state index contributed by atoms with van der Waals surface area (Å²) in [5.41, 5.74) is 0.535. The molecule has 1 heterocycles. The third-order valence-electron chi connectivity index (χ3n) is 3.63. The van der Waals surface area contributed by atoms with Crippen molar-refractivity contribution in [2.45, 2.75) is 24.3 Å². The van der Waals surface area contributed by atoms with Crippen molar-refractivity contribution in [1.82, 2.24) is 4.31 Å². The standard InChI is InChI=1S/C13H20N2O4S2/c1-3-14-12-6-4-5-7-13(12)21(18,19)15(2)11-8-9-20(16,17)10-11/h4-7,11,14H,3,8-10H2,1-2H3. The first kappa shape index (κ1) is 16.3. The minimum atomic E-state index is -3.72. The Labute approximate surface area is 126 Å². The van der Waals surface area contributed by atoms with Crippen molar-refractivity contribution in [3.63, 3.8) is 0 Å². The first-order valence-electron chi connectivity index (χ1n) is 6.79. The molecule has 1 aromatic rings. The van der Waals surface area contributed by atoms with Crippen molar-refractivity contribution in [2.24, 2.45) is 0 Å². The van der Waals surface area contributed by atoms with Crippen molar-refractivity contribution < 1.29 is 16.8 Å². The molecule has 1 aliphatic rings. The van der Waals surface area contributed by atoms with Gasteiger partial charge in [0.05, 0.1) is 17.2 Å². The van der Waals surface area contributed by atoms with Gasteiger partial charge in [-0.1, -0.05) is 12.1 Å². The maximum atomic E-state index is 12.7. The summed E-state index contributed by atoms with van der Waals surface area (Å²) >= 11 is 0. The monoisotopic (exact) mass is 332 g/mol. The third-order valence-corrected chi connectivity index (χ3v) is 7.35. The number of sulfone groups is 1. The van der Waals surface area contributed by atoms with Crippen LogP contribution in [-0.2, 0) is 19.9 Å². The zero-order chi connectivity index (χ0) is 15.7. The average molecular weight is 332 g/mol. The van der Waals surface area contributed by atoms with Gasteiger partial charge >= 0.3 is 0 Å². The fraction of sp³-hybridized carbons (Fsp3) is 0.538. The molecule has 1 unspecified atom stereocenters. The minimum Gasteiger partial charge on any atom is -0.384 e. The summed E-state index contributed by atoms with van der Waals surface area (Å²) in [7, 11) is -5.40. The molecule has 0 aromatic heterocycles. The second kappa shape index (κ2) is 5.94. The summed E-state index contributed by atoms with van der Waals surface area (Å²) in [6.07, 6.45) is 0.349. The third kappa shape index (κ3) is 3.38. The van der Waals surface area contributed by atoms with Crippen LogP contribution < -0.4 is 5.32 Å². The van der Waals surface area contributed by atoms with Gasteiger partial charge in [0.25, 0.3) is 0 Å². The van der Waals surface area contributed by atoms with E-state index < -0.39 is 25.9 Å². The Morgan fingerprint density at radius 1 is 1.33 bits per heavy atom. The first-order chi connectivity index (χ1) is 9.78. The number of para-hydroxylation sites is 1. The molecule has 0 bridgehead atoms. The van der Waals surface area contributed by atoms with Gasteiger partial charge in [-0.05, 0) is 25.5 Å². The van der Waals surface area contributed by atoms with Crippen LogP contribution in [0.15, 0.2) is 29.2 Å². The van der Waals surface area contributed by atoms with Crippen LogP contribution >= 0.6 is 0 Å². The summed E-state index contributed by atoms with van der Waals surface area (Å²) in [5.74, 6) is -0.0571. The van der Waals surface area contributed by atoms with Crippen LogP contribution in [0.3, 0.4) is 0 Å². The number of nitrogens with zero attached hydrogens (tertiary/aromatic N) is 1. The molecule has 8 heteroatoms. The quantitative estimate of drug-likeness (QED) is 0.867. The molecule has 1 saturated heterocycles. The number of anilines is 1. The van der Waals surface area contributed by atoms with Crippen molar-refractivity contribution in [1.29, 1.82) is 0 Å².